The zero-order valence-corrected chi connectivity index (χ0v) is 17.1. The number of carbonyl (C=O) groups excluding carboxylic acids is 2. The summed E-state index contributed by atoms with van der Waals surface area (Å²) in [7, 11) is 0. The summed E-state index contributed by atoms with van der Waals surface area (Å²) in [6.07, 6.45) is 0.281. The van der Waals surface area contributed by atoms with Gasteiger partial charge in [-0.1, -0.05) is 30.3 Å². The van der Waals surface area contributed by atoms with E-state index in [-0.39, 0.29) is 48.4 Å². The molecule has 0 aliphatic rings. The van der Waals surface area contributed by atoms with Crippen LogP contribution in [0.4, 0.5) is 13.2 Å². The molecule has 2 aromatic carbocycles. The van der Waals surface area contributed by atoms with Crippen LogP contribution in [0.15, 0.2) is 54.7 Å². The van der Waals surface area contributed by atoms with Crippen LogP contribution in [0.3, 0.4) is 0 Å². The van der Waals surface area contributed by atoms with Gasteiger partial charge in [-0.15, -0.1) is 0 Å². The van der Waals surface area contributed by atoms with Gasteiger partial charge in [-0.25, -0.2) is 4.39 Å². The Morgan fingerprint density at radius 2 is 1.71 bits per heavy atom. The summed E-state index contributed by atoms with van der Waals surface area (Å²) in [6, 6.07) is 9.68. The molecule has 2 amide bonds. The average molecular weight is 457 g/mol. The van der Waals surface area contributed by atoms with Crippen molar-refractivity contribution in [3.05, 3.63) is 71.1 Å². The average Bonchev–Trinajstić information content (AvgIpc) is 2.72. The lowest BCUT2D eigenvalue weighted by atomic mass is 10.2. The third kappa shape index (κ3) is 9.00. The molecule has 0 aliphatic carbocycles. The molecule has 0 unspecified atom stereocenters. The number of halogens is 4. The maximum absolute atomic E-state index is 13.3. The third-order valence-electron chi connectivity index (χ3n) is 3.87. The number of alkyl halides is 2. The monoisotopic (exact) mass is 456 g/mol. The number of nitrogens with one attached hydrogen (secondary N) is 2. The molecule has 0 saturated carbocycles. The number of ether oxygens (including phenoxy) is 2. The summed E-state index contributed by atoms with van der Waals surface area (Å²) >= 11 is 5.57. The summed E-state index contributed by atoms with van der Waals surface area (Å²) in [4.78, 5) is 23.8. The molecule has 166 valence electrons. The molecule has 6 nitrogen and oxygen atoms in total. The van der Waals surface area contributed by atoms with Crippen LogP contribution in [0.25, 0.3) is 0 Å². The predicted molar refractivity (Wildman–Crippen MR) is 108 cm³/mol. The fraction of sp³-hybridized carbons (Fsp3) is 0.238. The van der Waals surface area contributed by atoms with E-state index in [1.165, 1.54) is 24.3 Å². The molecule has 2 aromatic rings. The van der Waals surface area contributed by atoms with Crippen molar-refractivity contribution in [2.24, 2.45) is 0 Å². The Kier molecular flexibility index (Phi) is 9.20. The molecule has 0 spiro atoms. The number of amides is 2. The number of benzene rings is 2. The molecule has 0 atom stereocenters. The minimum absolute atomic E-state index is 0.0299. The number of carbonyl (C=O) groups is 2. The van der Waals surface area contributed by atoms with E-state index in [0.29, 0.717) is 11.3 Å². The summed E-state index contributed by atoms with van der Waals surface area (Å²) < 4.78 is 47.0. The molecule has 31 heavy (non-hydrogen) atoms. The second-order valence-electron chi connectivity index (χ2n) is 6.32. The number of allylic oxidation sites excluding steroid dienone is 1. The topological polar surface area (TPSA) is 76.7 Å². The first kappa shape index (κ1) is 24.1. The van der Waals surface area contributed by atoms with Gasteiger partial charge in [0.25, 0.3) is 5.91 Å². The van der Waals surface area contributed by atoms with E-state index in [4.69, 9.17) is 16.3 Å². The first-order valence-electron chi connectivity index (χ1n) is 9.09. The smallest absolute Gasteiger partial charge is 0.387 e. The first-order chi connectivity index (χ1) is 14.7. The number of rotatable bonds is 11. The highest BCUT2D eigenvalue weighted by molar-refractivity contribution is 6.30. The maximum atomic E-state index is 13.3. The van der Waals surface area contributed by atoms with Crippen LogP contribution in [-0.4, -0.2) is 25.0 Å². The van der Waals surface area contributed by atoms with Gasteiger partial charge in [-0.2, -0.15) is 8.78 Å². The molecule has 0 heterocycles. The van der Waals surface area contributed by atoms with Gasteiger partial charge >= 0.3 is 6.61 Å². The molecule has 0 aromatic heterocycles. The maximum Gasteiger partial charge on any atom is 0.387 e. The second-order valence-corrected chi connectivity index (χ2v) is 6.72. The van der Waals surface area contributed by atoms with Crippen molar-refractivity contribution < 1.29 is 32.2 Å². The molecule has 2 N–H and O–H groups in total. The molecule has 2 rings (SSSR count). The predicted octanol–water partition coefficient (Wildman–Crippen LogP) is 4.19. The Labute approximate surface area is 182 Å². The lowest BCUT2D eigenvalue weighted by molar-refractivity contribution is -0.123. The van der Waals surface area contributed by atoms with Crippen molar-refractivity contribution in [1.82, 2.24) is 10.6 Å². The largest absolute Gasteiger partial charge is 0.484 e. The molecule has 10 heteroatoms. The Hall–Kier alpha value is -3.20. The molecule has 0 bridgehead atoms. The van der Waals surface area contributed by atoms with Crippen molar-refractivity contribution in [2.75, 3.05) is 6.61 Å². The van der Waals surface area contributed by atoms with Gasteiger partial charge in [0.1, 0.15) is 17.3 Å². The number of hydrogen-bond acceptors (Lipinski definition) is 4. The summed E-state index contributed by atoms with van der Waals surface area (Å²) in [5.41, 5.74) is 1.03. The van der Waals surface area contributed by atoms with Crippen LogP contribution in [-0.2, 0) is 16.1 Å². The fourth-order valence-electron chi connectivity index (χ4n) is 2.35. The van der Waals surface area contributed by atoms with E-state index in [1.807, 2.05) is 0 Å². The van der Waals surface area contributed by atoms with Crippen LogP contribution in [0.2, 0.25) is 5.02 Å². The fourth-order valence-corrected chi connectivity index (χ4v) is 2.47. The van der Waals surface area contributed by atoms with Gasteiger partial charge in [-0.05, 0) is 36.2 Å². The standard InChI is InChI=1S/C21H20ClF3N2O4/c1-13(27-20(29)12-30-16-7-8-17(22)18(23)10-16)2-9-19(28)26-11-14-3-5-15(6-4-14)31-21(24)25/h3-8,10,21H,1-2,9,11-12H2,(H,26,28)(H,27,29). The summed E-state index contributed by atoms with van der Waals surface area (Å²) in [5, 5.41) is 5.11. The van der Waals surface area contributed by atoms with Crippen molar-refractivity contribution in [3.63, 3.8) is 0 Å². The number of hydrogen-bond donors (Lipinski definition) is 2. The van der Waals surface area contributed by atoms with Crippen LogP contribution >= 0.6 is 11.6 Å². The zero-order chi connectivity index (χ0) is 22.8. The van der Waals surface area contributed by atoms with Gasteiger partial charge in [0.05, 0.1) is 5.02 Å². The Bertz CT molecular complexity index is 923. The highest BCUT2D eigenvalue weighted by Crippen LogP contribution is 2.20. The minimum Gasteiger partial charge on any atom is -0.484 e. The highest BCUT2D eigenvalue weighted by Gasteiger charge is 2.09. The van der Waals surface area contributed by atoms with E-state index >= 15 is 0 Å². The molecule has 0 fully saturated rings. The van der Waals surface area contributed by atoms with Gasteiger partial charge in [-0.3, -0.25) is 9.59 Å². The van der Waals surface area contributed by atoms with E-state index in [0.717, 1.165) is 6.07 Å². The molecule has 0 radical (unpaired) electrons. The van der Waals surface area contributed by atoms with Gasteiger partial charge in [0.2, 0.25) is 5.91 Å². The SMILES string of the molecule is C=C(CCC(=O)NCc1ccc(OC(F)F)cc1)NC(=O)COc1ccc(Cl)c(F)c1. The van der Waals surface area contributed by atoms with E-state index in [1.54, 1.807) is 12.1 Å². The zero-order valence-electron chi connectivity index (χ0n) is 16.3. The van der Waals surface area contributed by atoms with Crippen molar-refractivity contribution in [1.29, 1.82) is 0 Å². The van der Waals surface area contributed by atoms with E-state index in [2.05, 4.69) is 21.9 Å². The van der Waals surface area contributed by atoms with Crippen LogP contribution < -0.4 is 20.1 Å². The summed E-state index contributed by atoms with van der Waals surface area (Å²) in [5.74, 6) is -1.27. The quantitative estimate of drug-likeness (QED) is 0.531. The van der Waals surface area contributed by atoms with Gasteiger partial charge in [0, 0.05) is 24.7 Å². The second kappa shape index (κ2) is 11.8. The first-order valence-corrected chi connectivity index (χ1v) is 9.46. The molecule has 0 saturated heterocycles. The van der Waals surface area contributed by atoms with Crippen LogP contribution in [0.5, 0.6) is 11.5 Å². The van der Waals surface area contributed by atoms with Gasteiger partial charge < -0.3 is 20.1 Å². The minimum atomic E-state index is -2.90. The van der Waals surface area contributed by atoms with Gasteiger partial charge in [0.15, 0.2) is 6.61 Å². The lowest BCUT2D eigenvalue weighted by Gasteiger charge is -2.10. The Balaban J connectivity index is 1.65. The molecular formula is C21H20ClF3N2O4. The Morgan fingerprint density at radius 1 is 1.03 bits per heavy atom. The van der Waals surface area contributed by atoms with E-state index in [9.17, 15) is 22.8 Å². The van der Waals surface area contributed by atoms with Crippen LogP contribution in [0.1, 0.15) is 18.4 Å². The van der Waals surface area contributed by atoms with E-state index < -0.39 is 18.3 Å². The third-order valence-corrected chi connectivity index (χ3v) is 4.18. The molecular weight excluding hydrogens is 437 g/mol. The van der Waals surface area contributed by atoms with Crippen molar-refractivity contribution in [3.8, 4) is 11.5 Å². The summed E-state index contributed by atoms with van der Waals surface area (Å²) in [6.45, 7) is 0.625. The highest BCUT2D eigenvalue weighted by atomic mass is 35.5. The van der Waals surface area contributed by atoms with Crippen LogP contribution in [0, 0.1) is 5.82 Å². The van der Waals surface area contributed by atoms with Crippen molar-refractivity contribution >= 4 is 23.4 Å². The Morgan fingerprint density at radius 3 is 2.35 bits per heavy atom. The van der Waals surface area contributed by atoms with Crippen molar-refractivity contribution in [2.45, 2.75) is 26.0 Å². The normalized spacial score (nSPS) is 10.5. The lowest BCUT2D eigenvalue weighted by Crippen LogP contribution is -2.29. The molecule has 0 aliphatic heterocycles.